The number of ether oxygens (including phenoxy) is 2. The average Bonchev–Trinajstić information content (AvgIpc) is 2.68. The minimum atomic E-state index is -0.899. The van der Waals surface area contributed by atoms with E-state index in [9.17, 15) is 15.2 Å². The zero-order chi connectivity index (χ0) is 21.7. The highest BCUT2D eigenvalue weighted by Crippen LogP contribution is 2.46. The average molecular weight is 402 g/mol. The van der Waals surface area contributed by atoms with E-state index in [4.69, 9.17) is 9.47 Å². The van der Waals surface area contributed by atoms with Gasteiger partial charge in [0.2, 0.25) is 0 Å². The summed E-state index contributed by atoms with van der Waals surface area (Å²) in [6.45, 7) is 10.3. The second kappa shape index (κ2) is 9.17. The molecule has 3 atom stereocenters. The fourth-order valence-electron chi connectivity index (χ4n) is 4.31. The maximum atomic E-state index is 11.8. The van der Waals surface area contributed by atoms with Gasteiger partial charge in [-0.15, -0.1) is 0 Å². The lowest BCUT2D eigenvalue weighted by Gasteiger charge is -2.40. The maximum Gasteiger partial charge on any atom is 0.309 e. The van der Waals surface area contributed by atoms with E-state index >= 15 is 0 Å². The van der Waals surface area contributed by atoms with E-state index < -0.39 is 22.2 Å². The Hall–Kier alpha value is -2.06. The predicted octanol–water partition coefficient (Wildman–Crippen LogP) is 5.68. The van der Waals surface area contributed by atoms with Gasteiger partial charge >= 0.3 is 5.97 Å². The number of carboxylic acids is 1. The van der Waals surface area contributed by atoms with Crippen molar-refractivity contribution in [2.75, 3.05) is 6.61 Å². The molecule has 1 saturated heterocycles. The minimum absolute atomic E-state index is 0.200. The number of benzene rings is 1. The molecular formula is C24H35NO4. The molecule has 1 aliphatic heterocycles. The maximum absolute atomic E-state index is 11.8. The van der Waals surface area contributed by atoms with Gasteiger partial charge in [0.05, 0.1) is 23.5 Å². The molecule has 1 aliphatic rings. The number of hydrogen-bond acceptors (Lipinski definition) is 4. The van der Waals surface area contributed by atoms with Crippen molar-refractivity contribution in [2.45, 2.75) is 84.8 Å². The Labute approximate surface area is 175 Å². The smallest absolute Gasteiger partial charge is 0.309 e. The fraction of sp³-hybridized carbons (Fsp3) is 0.667. The van der Waals surface area contributed by atoms with E-state index in [0.717, 1.165) is 37.2 Å². The predicted molar refractivity (Wildman–Crippen MR) is 113 cm³/mol. The minimum Gasteiger partial charge on any atom is -0.481 e. The van der Waals surface area contributed by atoms with Crippen LogP contribution in [-0.2, 0) is 14.9 Å². The van der Waals surface area contributed by atoms with Crippen LogP contribution in [0.5, 0.6) is 5.75 Å². The van der Waals surface area contributed by atoms with Crippen LogP contribution in [0.25, 0.3) is 0 Å². The van der Waals surface area contributed by atoms with Crippen LogP contribution >= 0.6 is 0 Å². The molecule has 0 bridgehead atoms. The molecule has 3 unspecified atom stereocenters. The third-order valence-electron chi connectivity index (χ3n) is 6.20. The number of nitrogens with zero attached hydrogens (tertiary/aromatic N) is 1. The van der Waals surface area contributed by atoms with Gasteiger partial charge in [-0.3, -0.25) is 4.79 Å². The Morgan fingerprint density at radius 1 is 1.21 bits per heavy atom. The molecule has 2 rings (SSSR count). The van der Waals surface area contributed by atoms with E-state index in [2.05, 4.69) is 13.0 Å². The standard InChI is InChI=1S/C24H35NO4/c1-6-23(4,17-25)16-24(5,15-22(2,3)21(26)27)18-10-12-19(13-11-18)29-20-9-7-8-14-28-20/h10-13,20H,6-9,14-16H2,1-5H3,(H,26,27). The van der Waals surface area contributed by atoms with Crippen LogP contribution in [0, 0.1) is 22.2 Å². The lowest BCUT2D eigenvalue weighted by atomic mass is 9.63. The monoisotopic (exact) mass is 401 g/mol. The van der Waals surface area contributed by atoms with Crippen LogP contribution in [0.4, 0.5) is 0 Å². The van der Waals surface area contributed by atoms with Crippen molar-refractivity contribution in [2.24, 2.45) is 10.8 Å². The third kappa shape index (κ3) is 5.96. The Morgan fingerprint density at radius 2 is 1.86 bits per heavy atom. The van der Waals surface area contributed by atoms with Crippen molar-refractivity contribution in [1.29, 1.82) is 5.26 Å². The van der Waals surface area contributed by atoms with Gasteiger partial charge in [-0.2, -0.15) is 5.26 Å². The van der Waals surface area contributed by atoms with Crippen LogP contribution in [0.3, 0.4) is 0 Å². The SMILES string of the molecule is CCC(C)(C#N)CC(C)(CC(C)(C)C(=O)O)c1ccc(OC2CCCCO2)cc1. The summed E-state index contributed by atoms with van der Waals surface area (Å²) in [4.78, 5) is 11.8. The highest BCUT2D eigenvalue weighted by atomic mass is 16.7. The Balaban J connectivity index is 2.29. The number of carboxylic acid groups (broad SMARTS) is 1. The van der Waals surface area contributed by atoms with E-state index in [1.807, 2.05) is 38.1 Å². The first-order valence-electron chi connectivity index (χ1n) is 10.6. The molecule has 1 heterocycles. The number of nitriles is 1. The molecule has 1 fully saturated rings. The Kier molecular flexibility index (Phi) is 7.35. The molecule has 0 spiro atoms. The summed E-state index contributed by atoms with van der Waals surface area (Å²) in [6.07, 6.45) is 4.62. The highest BCUT2D eigenvalue weighted by Gasteiger charge is 2.42. The van der Waals surface area contributed by atoms with Gasteiger partial charge in [0, 0.05) is 6.42 Å². The molecule has 1 N–H and O–H groups in total. The third-order valence-corrected chi connectivity index (χ3v) is 6.20. The molecule has 5 nitrogen and oxygen atoms in total. The molecule has 0 saturated carbocycles. The summed E-state index contributed by atoms with van der Waals surface area (Å²) >= 11 is 0. The largest absolute Gasteiger partial charge is 0.481 e. The molecule has 0 radical (unpaired) electrons. The highest BCUT2D eigenvalue weighted by molar-refractivity contribution is 5.73. The van der Waals surface area contributed by atoms with Crippen molar-refractivity contribution >= 4 is 5.97 Å². The second-order valence-electron chi connectivity index (χ2n) is 9.57. The number of carbonyl (C=O) groups is 1. The van der Waals surface area contributed by atoms with E-state index in [-0.39, 0.29) is 6.29 Å². The molecular weight excluding hydrogens is 366 g/mol. The molecule has 0 amide bonds. The van der Waals surface area contributed by atoms with Gasteiger partial charge in [-0.05, 0) is 76.0 Å². The molecule has 160 valence electrons. The van der Waals surface area contributed by atoms with Gasteiger partial charge in [0.1, 0.15) is 5.75 Å². The van der Waals surface area contributed by atoms with Gasteiger partial charge in [-0.25, -0.2) is 0 Å². The van der Waals surface area contributed by atoms with E-state index in [0.29, 0.717) is 19.3 Å². The zero-order valence-corrected chi connectivity index (χ0v) is 18.5. The summed E-state index contributed by atoms with van der Waals surface area (Å²) in [7, 11) is 0. The Bertz CT molecular complexity index is 730. The van der Waals surface area contributed by atoms with Gasteiger partial charge < -0.3 is 14.6 Å². The molecule has 29 heavy (non-hydrogen) atoms. The fourth-order valence-corrected chi connectivity index (χ4v) is 4.31. The molecule has 1 aromatic rings. The summed E-state index contributed by atoms with van der Waals surface area (Å²) in [5.41, 5.74) is -0.848. The van der Waals surface area contributed by atoms with Gasteiger partial charge in [0.25, 0.3) is 0 Å². The van der Waals surface area contributed by atoms with Crippen LogP contribution in [0.1, 0.15) is 78.7 Å². The van der Waals surface area contributed by atoms with Crippen molar-refractivity contribution in [3.8, 4) is 11.8 Å². The van der Waals surface area contributed by atoms with Crippen LogP contribution in [-0.4, -0.2) is 24.0 Å². The number of hydrogen-bond donors (Lipinski definition) is 1. The summed E-state index contributed by atoms with van der Waals surface area (Å²) in [6, 6.07) is 10.3. The first-order chi connectivity index (χ1) is 13.5. The van der Waals surface area contributed by atoms with Crippen LogP contribution < -0.4 is 4.74 Å². The van der Waals surface area contributed by atoms with Crippen molar-refractivity contribution in [3.63, 3.8) is 0 Å². The van der Waals surface area contributed by atoms with Crippen LogP contribution in [0.2, 0.25) is 0 Å². The van der Waals surface area contributed by atoms with Crippen molar-refractivity contribution in [1.82, 2.24) is 0 Å². The first kappa shape index (κ1) is 23.2. The summed E-state index contributed by atoms with van der Waals surface area (Å²) in [5, 5.41) is 19.4. The number of rotatable bonds is 9. The Morgan fingerprint density at radius 3 is 2.34 bits per heavy atom. The van der Waals surface area contributed by atoms with Gasteiger partial charge in [-0.1, -0.05) is 26.0 Å². The normalized spacial score (nSPS) is 21.4. The quantitative estimate of drug-likeness (QED) is 0.576. The van der Waals surface area contributed by atoms with E-state index in [1.165, 1.54) is 0 Å². The first-order valence-corrected chi connectivity index (χ1v) is 10.6. The molecule has 1 aromatic carbocycles. The molecule has 0 aliphatic carbocycles. The van der Waals surface area contributed by atoms with Crippen molar-refractivity contribution in [3.05, 3.63) is 29.8 Å². The molecule has 5 heteroatoms. The zero-order valence-electron chi connectivity index (χ0n) is 18.5. The topological polar surface area (TPSA) is 79.6 Å². The van der Waals surface area contributed by atoms with Crippen molar-refractivity contribution < 1.29 is 19.4 Å². The lowest BCUT2D eigenvalue weighted by molar-refractivity contribution is -0.148. The molecule has 0 aromatic heterocycles. The summed E-state index contributed by atoms with van der Waals surface area (Å²) < 4.78 is 11.6. The van der Waals surface area contributed by atoms with E-state index in [1.54, 1.807) is 13.8 Å². The van der Waals surface area contributed by atoms with Gasteiger partial charge in [0.15, 0.2) is 6.29 Å². The summed E-state index contributed by atoms with van der Waals surface area (Å²) in [5.74, 6) is -0.0766. The number of aliphatic carboxylic acids is 1. The van der Waals surface area contributed by atoms with Crippen LogP contribution in [0.15, 0.2) is 24.3 Å². The second-order valence-corrected chi connectivity index (χ2v) is 9.57. The lowest BCUT2D eigenvalue weighted by Crippen LogP contribution is -2.38.